The van der Waals surface area contributed by atoms with Crippen molar-refractivity contribution in [3.63, 3.8) is 0 Å². The lowest BCUT2D eigenvalue weighted by Gasteiger charge is -2.07. The van der Waals surface area contributed by atoms with Gasteiger partial charge in [-0.3, -0.25) is 4.68 Å². The van der Waals surface area contributed by atoms with E-state index in [1.54, 1.807) is 0 Å². The van der Waals surface area contributed by atoms with Crippen molar-refractivity contribution < 1.29 is 0 Å². The first-order valence-corrected chi connectivity index (χ1v) is 7.17. The zero-order valence-electron chi connectivity index (χ0n) is 12.2. The van der Waals surface area contributed by atoms with Crippen LogP contribution in [0.25, 0.3) is 11.0 Å². The molecule has 0 unspecified atom stereocenters. The summed E-state index contributed by atoms with van der Waals surface area (Å²) < 4.78 is 4.27. The molecule has 2 heterocycles. The molecule has 2 aromatic heterocycles. The van der Waals surface area contributed by atoms with E-state index < -0.39 is 0 Å². The minimum Gasteiger partial charge on any atom is -0.322 e. The highest BCUT2D eigenvalue weighted by molar-refractivity contribution is 5.76. The fourth-order valence-electron chi connectivity index (χ4n) is 2.48. The van der Waals surface area contributed by atoms with E-state index in [4.69, 9.17) is 4.98 Å². The van der Waals surface area contributed by atoms with Gasteiger partial charge in [0, 0.05) is 18.7 Å². The number of rotatable bonds is 4. The van der Waals surface area contributed by atoms with Gasteiger partial charge in [0.1, 0.15) is 5.82 Å². The molecular formula is C16H20N4. The molecule has 0 bridgehead atoms. The number of hydrogen-bond acceptors (Lipinski definition) is 2. The first kappa shape index (κ1) is 12.9. The van der Waals surface area contributed by atoms with Gasteiger partial charge in [0.2, 0.25) is 0 Å². The van der Waals surface area contributed by atoms with Crippen molar-refractivity contribution in [2.75, 3.05) is 0 Å². The van der Waals surface area contributed by atoms with Crippen molar-refractivity contribution in [2.24, 2.45) is 0 Å². The van der Waals surface area contributed by atoms with E-state index in [2.05, 4.69) is 54.7 Å². The quantitative estimate of drug-likeness (QED) is 0.726. The molecule has 0 spiro atoms. The Balaban J connectivity index is 2.00. The highest BCUT2D eigenvalue weighted by atomic mass is 15.3. The van der Waals surface area contributed by atoms with Crippen molar-refractivity contribution in [1.29, 1.82) is 0 Å². The molecule has 0 radical (unpaired) electrons. The standard InChI is InChI=1S/C16H20N4/c1-4-16-17-14-7-5-6-8-15(14)19(16)11-13-9-10-20(18-13)12(2)3/h5-10,12H,4,11H2,1-3H3. The third-order valence-electron chi connectivity index (χ3n) is 3.56. The first-order valence-electron chi connectivity index (χ1n) is 7.17. The normalized spacial score (nSPS) is 11.6. The van der Waals surface area contributed by atoms with Gasteiger partial charge in [-0.05, 0) is 32.0 Å². The van der Waals surface area contributed by atoms with Gasteiger partial charge >= 0.3 is 0 Å². The van der Waals surface area contributed by atoms with Gasteiger partial charge in [-0.15, -0.1) is 0 Å². The highest BCUT2D eigenvalue weighted by Crippen LogP contribution is 2.18. The summed E-state index contributed by atoms with van der Waals surface area (Å²) in [6.45, 7) is 7.20. The molecule has 0 saturated carbocycles. The number of nitrogens with zero attached hydrogens (tertiary/aromatic N) is 4. The summed E-state index contributed by atoms with van der Waals surface area (Å²) in [6, 6.07) is 10.8. The Kier molecular flexibility index (Phi) is 3.30. The summed E-state index contributed by atoms with van der Waals surface area (Å²) in [7, 11) is 0. The average Bonchev–Trinajstić information content (AvgIpc) is 3.04. The molecule has 4 heteroatoms. The number of fused-ring (bicyclic) bond motifs is 1. The summed E-state index contributed by atoms with van der Waals surface area (Å²) in [5, 5.41) is 4.63. The fourth-order valence-corrected chi connectivity index (χ4v) is 2.48. The molecule has 3 rings (SSSR count). The van der Waals surface area contributed by atoms with Crippen LogP contribution in [-0.4, -0.2) is 19.3 Å². The van der Waals surface area contributed by atoms with Crippen LogP contribution < -0.4 is 0 Å². The number of para-hydroxylation sites is 2. The largest absolute Gasteiger partial charge is 0.322 e. The highest BCUT2D eigenvalue weighted by Gasteiger charge is 2.11. The van der Waals surface area contributed by atoms with E-state index in [-0.39, 0.29) is 0 Å². The van der Waals surface area contributed by atoms with Gasteiger partial charge in [0.15, 0.2) is 0 Å². The van der Waals surface area contributed by atoms with Crippen LogP contribution in [0.15, 0.2) is 36.5 Å². The summed E-state index contributed by atoms with van der Waals surface area (Å²) >= 11 is 0. The predicted octanol–water partition coefficient (Wildman–Crippen LogP) is 3.42. The molecule has 20 heavy (non-hydrogen) atoms. The minimum absolute atomic E-state index is 0.397. The molecule has 0 aliphatic heterocycles. The fraction of sp³-hybridized carbons (Fsp3) is 0.375. The maximum absolute atomic E-state index is 4.70. The first-order chi connectivity index (χ1) is 9.69. The minimum atomic E-state index is 0.397. The summed E-state index contributed by atoms with van der Waals surface area (Å²) in [5.41, 5.74) is 3.33. The number of imidazole rings is 1. The third kappa shape index (κ3) is 2.22. The molecule has 0 amide bonds. The second-order valence-electron chi connectivity index (χ2n) is 5.34. The van der Waals surface area contributed by atoms with Gasteiger partial charge in [-0.2, -0.15) is 5.10 Å². The van der Waals surface area contributed by atoms with Crippen molar-refractivity contribution in [3.8, 4) is 0 Å². The molecule has 1 aromatic carbocycles. The molecule has 0 aliphatic rings. The molecular weight excluding hydrogens is 248 g/mol. The summed E-state index contributed by atoms with van der Waals surface area (Å²) in [5.74, 6) is 1.12. The Morgan fingerprint density at radius 1 is 1.15 bits per heavy atom. The lowest BCUT2D eigenvalue weighted by Crippen LogP contribution is -2.07. The Morgan fingerprint density at radius 3 is 2.65 bits per heavy atom. The topological polar surface area (TPSA) is 35.6 Å². The van der Waals surface area contributed by atoms with Crippen LogP contribution in [0, 0.1) is 0 Å². The Labute approximate surface area is 119 Å². The van der Waals surface area contributed by atoms with Gasteiger partial charge < -0.3 is 4.57 Å². The SMILES string of the molecule is CCc1nc2ccccc2n1Cc1ccn(C(C)C)n1. The maximum Gasteiger partial charge on any atom is 0.109 e. The van der Waals surface area contributed by atoms with Crippen LogP contribution in [0.2, 0.25) is 0 Å². The lowest BCUT2D eigenvalue weighted by atomic mass is 10.3. The van der Waals surface area contributed by atoms with Gasteiger partial charge in [-0.1, -0.05) is 19.1 Å². The zero-order chi connectivity index (χ0) is 14.1. The molecule has 0 atom stereocenters. The number of hydrogen-bond donors (Lipinski definition) is 0. The molecule has 4 nitrogen and oxygen atoms in total. The van der Waals surface area contributed by atoms with Crippen LogP contribution in [0.3, 0.4) is 0 Å². The Morgan fingerprint density at radius 2 is 1.95 bits per heavy atom. The molecule has 0 saturated heterocycles. The summed E-state index contributed by atoms with van der Waals surface area (Å²) in [6.07, 6.45) is 2.98. The second-order valence-corrected chi connectivity index (χ2v) is 5.34. The van der Waals surface area contributed by atoms with Crippen molar-refractivity contribution in [1.82, 2.24) is 19.3 Å². The van der Waals surface area contributed by atoms with Crippen molar-refractivity contribution in [2.45, 2.75) is 39.8 Å². The molecule has 0 fully saturated rings. The molecule has 3 aromatic rings. The van der Waals surface area contributed by atoms with Gasteiger partial charge in [-0.25, -0.2) is 4.98 Å². The predicted molar refractivity (Wildman–Crippen MR) is 80.8 cm³/mol. The second kappa shape index (κ2) is 5.12. The maximum atomic E-state index is 4.70. The number of aryl methyl sites for hydroxylation is 1. The van der Waals surface area contributed by atoms with E-state index >= 15 is 0 Å². The number of aromatic nitrogens is 4. The van der Waals surface area contributed by atoms with Gasteiger partial charge in [0.25, 0.3) is 0 Å². The van der Waals surface area contributed by atoms with Gasteiger partial charge in [0.05, 0.1) is 23.3 Å². The van der Waals surface area contributed by atoms with E-state index in [1.165, 1.54) is 5.52 Å². The smallest absolute Gasteiger partial charge is 0.109 e. The van der Waals surface area contributed by atoms with E-state index in [0.29, 0.717) is 6.04 Å². The Bertz CT molecular complexity index is 721. The average molecular weight is 268 g/mol. The zero-order valence-corrected chi connectivity index (χ0v) is 12.2. The van der Waals surface area contributed by atoms with E-state index in [9.17, 15) is 0 Å². The van der Waals surface area contributed by atoms with Crippen molar-refractivity contribution >= 4 is 11.0 Å². The molecule has 0 N–H and O–H groups in total. The third-order valence-corrected chi connectivity index (χ3v) is 3.56. The molecule has 0 aliphatic carbocycles. The molecule has 104 valence electrons. The van der Waals surface area contributed by atoms with Crippen molar-refractivity contribution in [3.05, 3.63) is 48.0 Å². The van der Waals surface area contributed by atoms with Crippen LogP contribution in [0.1, 0.15) is 38.3 Å². The monoisotopic (exact) mass is 268 g/mol. The lowest BCUT2D eigenvalue weighted by molar-refractivity contribution is 0.523. The van der Waals surface area contributed by atoms with E-state index in [0.717, 1.165) is 30.0 Å². The van der Waals surface area contributed by atoms with E-state index in [1.807, 2.05) is 16.9 Å². The van der Waals surface area contributed by atoms with Crippen LogP contribution >= 0.6 is 0 Å². The van der Waals surface area contributed by atoms with Crippen LogP contribution in [-0.2, 0) is 13.0 Å². The number of benzene rings is 1. The Hall–Kier alpha value is -2.10. The summed E-state index contributed by atoms with van der Waals surface area (Å²) in [4.78, 5) is 4.70. The van der Waals surface area contributed by atoms with Crippen LogP contribution in [0.4, 0.5) is 0 Å². The van der Waals surface area contributed by atoms with Crippen LogP contribution in [0.5, 0.6) is 0 Å².